The van der Waals surface area contributed by atoms with Crippen molar-refractivity contribution in [1.82, 2.24) is 9.88 Å². The Hall–Kier alpha value is -1.77. The van der Waals surface area contributed by atoms with E-state index in [1.165, 1.54) is 44.4 Å². The molecule has 3 heteroatoms. The molecule has 114 valence electrons. The zero-order valence-electron chi connectivity index (χ0n) is 14.3. The minimum Gasteiger partial charge on any atom is -0.356 e. The molecule has 1 amide bonds. The highest BCUT2D eigenvalue weighted by atomic mass is 16.1. The maximum absolute atomic E-state index is 11.1. The number of benzene rings is 1. The Morgan fingerprint density at radius 2 is 1.57 bits per heavy atom. The molecule has 1 N–H and O–H groups in total. The van der Waals surface area contributed by atoms with E-state index in [4.69, 9.17) is 0 Å². The molecule has 0 aliphatic rings. The zero-order chi connectivity index (χ0) is 15.9. The summed E-state index contributed by atoms with van der Waals surface area (Å²) in [5, 5.41) is 4.28. The van der Waals surface area contributed by atoms with Crippen molar-refractivity contribution in [2.24, 2.45) is 7.05 Å². The van der Waals surface area contributed by atoms with E-state index in [0.29, 0.717) is 6.54 Å². The molecule has 1 heterocycles. The second kappa shape index (κ2) is 5.55. The van der Waals surface area contributed by atoms with E-state index in [1.54, 1.807) is 6.92 Å². The number of rotatable bonds is 3. The molecule has 0 spiro atoms. The SMILES string of the molecule is CC(=O)NCCc1c(C)n(C)c2c(C)c(C)c(C)c(C)c12. The van der Waals surface area contributed by atoms with Crippen molar-refractivity contribution in [2.75, 3.05) is 6.54 Å². The number of hydrogen-bond acceptors (Lipinski definition) is 1. The average Bonchev–Trinajstić information content (AvgIpc) is 2.67. The Labute approximate surface area is 127 Å². The van der Waals surface area contributed by atoms with Crippen LogP contribution >= 0.6 is 0 Å². The van der Waals surface area contributed by atoms with Crippen LogP contribution in [-0.4, -0.2) is 17.0 Å². The summed E-state index contributed by atoms with van der Waals surface area (Å²) in [6.07, 6.45) is 0.880. The van der Waals surface area contributed by atoms with Crippen molar-refractivity contribution >= 4 is 16.8 Å². The van der Waals surface area contributed by atoms with Gasteiger partial charge in [0.25, 0.3) is 0 Å². The van der Waals surface area contributed by atoms with Crippen LogP contribution in [0.4, 0.5) is 0 Å². The van der Waals surface area contributed by atoms with Gasteiger partial charge >= 0.3 is 0 Å². The molecule has 1 aromatic carbocycles. The topological polar surface area (TPSA) is 34.0 Å². The molecule has 0 saturated carbocycles. The zero-order valence-corrected chi connectivity index (χ0v) is 14.3. The number of fused-ring (bicyclic) bond motifs is 1. The van der Waals surface area contributed by atoms with E-state index in [0.717, 1.165) is 6.42 Å². The molecule has 0 bridgehead atoms. The standard InChI is InChI=1S/C18H26N2O/c1-10-11(2)13(4)18-17(12(10)3)16(14(5)20(18)7)8-9-19-15(6)21/h8-9H2,1-7H3,(H,19,21). The molecule has 2 aromatic rings. The van der Waals surface area contributed by atoms with Gasteiger partial charge in [-0.05, 0) is 68.9 Å². The summed E-state index contributed by atoms with van der Waals surface area (Å²) in [7, 11) is 2.14. The third kappa shape index (κ3) is 2.45. The number of carbonyl (C=O) groups is 1. The molecular formula is C18H26N2O. The third-order valence-electron chi connectivity index (χ3n) is 4.98. The molecule has 0 fully saturated rings. The molecule has 0 aliphatic carbocycles. The van der Waals surface area contributed by atoms with Crippen LogP contribution in [0.1, 0.15) is 40.4 Å². The monoisotopic (exact) mass is 286 g/mol. The van der Waals surface area contributed by atoms with Gasteiger partial charge in [-0.3, -0.25) is 4.79 Å². The number of nitrogens with one attached hydrogen (secondary N) is 1. The molecule has 0 unspecified atom stereocenters. The second-order valence-corrected chi connectivity index (χ2v) is 6.08. The van der Waals surface area contributed by atoms with Crippen molar-refractivity contribution < 1.29 is 4.79 Å². The Balaban J connectivity index is 2.66. The van der Waals surface area contributed by atoms with E-state index < -0.39 is 0 Å². The van der Waals surface area contributed by atoms with Gasteiger partial charge in [0, 0.05) is 31.6 Å². The van der Waals surface area contributed by atoms with Crippen molar-refractivity contribution in [3.8, 4) is 0 Å². The largest absolute Gasteiger partial charge is 0.356 e. The normalized spacial score (nSPS) is 11.2. The Morgan fingerprint density at radius 1 is 1.00 bits per heavy atom. The lowest BCUT2D eigenvalue weighted by Crippen LogP contribution is -2.22. The van der Waals surface area contributed by atoms with Gasteiger partial charge in [-0.25, -0.2) is 0 Å². The fraction of sp³-hybridized carbons (Fsp3) is 0.500. The summed E-state index contributed by atoms with van der Waals surface area (Å²) in [5.41, 5.74) is 9.50. The van der Waals surface area contributed by atoms with E-state index in [-0.39, 0.29) is 5.91 Å². The second-order valence-electron chi connectivity index (χ2n) is 6.08. The fourth-order valence-electron chi connectivity index (χ4n) is 3.30. The average molecular weight is 286 g/mol. The predicted octanol–water partition coefficient (Wildman–Crippen LogP) is 3.40. The first-order chi connectivity index (χ1) is 9.77. The third-order valence-corrected chi connectivity index (χ3v) is 4.98. The van der Waals surface area contributed by atoms with Gasteiger partial charge in [-0.2, -0.15) is 0 Å². The van der Waals surface area contributed by atoms with Crippen molar-refractivity contribution in [1.29, 1.82) is 0 Å². The number of carbonyl (C=O) groups excluding carboxylic acids is 1. The lowest BCUT2D eigenvalue weighted by atomic mass is 9.93. The van der Waals surface area contributed by atoms with Gasteiger partial charge in [0.2, 0.25) is 5.91 Å². The summed E-state index contributed by atoms with van der Waals surface area (Å²) >= 11 is 0. The first kappa shape index (κ1) is 15.6. The Bertz CT molecular complexity index is 723. The maximum atomic E-state index is 11.1. The lowest BCUT2D eigenvalue weighted by molar-refractivity contribution is -0.118. The first-order valence-electron chi connectivity index (χ1n) is 7.56. The van der Waals surface area contributed by atoms with Gasteiger partial charge in [-0.15, -0.1) is 0 Å². The highest BCUT2D eigenvalue weighted by Crippen LogP contribution is 2.34. The Kier molecular flexibility index (Phi) is 4.13. The number of amides is 1. The summed E-state index contributed by atoms with van der Waals surface area (Å²) in [5.74, 6) is 0.0350. The summed E-state index contributed by atoms with van der Waals surface area (Å²) in [6, 6.07) is 0. The highest BCUT2D eigenvalue weighted by Gasteiger charge is 2.18. The highest BCUT2D eigenvalue weighted by molar-refractivity contribution is 5.93. The molecule has 0 radical (unpaired) electrons. The van der Waals surface area contributed by atoms with Crippen molar-refractivity contribution in [2.45, 2.75) is 48.0 Å². The summed E-state index contributed by atoms with van der Waals surface area (Å²) in [6.45, 7) is 13.3. The molecule has 0 aliphatic heterocycles. The van der Waals surface area contributed by atoms with Crippen molar-refractivity contribution in [3.05, 3.63) is 33.5 Å². The molecule has 3 nitrogen and oxygen atoms in total. The van der Waals surface area contributed by atoms with Gasteiger partial charge in [-0.1, -0.05) is 0 Å². The van der Waals surface area contributed by atoms with Crippen LogP contribution in [0.25, 0.3) is 10.9 Å². The number of nitrogens with zero attached hydrogens (tertiary/aromatic N) is 1. The van der Waals surface area contributed by atoms with Crippen LogP contribution < -0.4 is 5.32 Å². The summed E-state index contributed by atoms with van der Waals surface area (Å²) < 4.78 is 2.30. The van der Waals surface area contributed by atoms with Gasteiger partial charge < -0.3 is 9.88 Å². The van der Waals surface area contributed by atoms with Gasteiger partial charge in [0.05, 0.1) is 5.52 Å². The quantitative estimate of drug-likeness (QED) is 0.922. The van der Waals surface area contributed by atoms with Crippen molar-refractivity contribution in [3.63, 3.8) is 0 Å². The van der Waals surface area contributed by atoms with Crippen LogP contribution in [0.5, 0.6) is 0 Å². The van der Waals surface area contributed by atoms with E-state index in [1.807, 2.05) is 0 Å². The predicted molar refractivity (Wildman–Crippen MR) is 89.0 cm³/mol. The molecular weight excluding hydrogens is 260 g/mol. The minimum atomic E-state index is 0.0350. The Morgan fingerprint density at radius 3 is 2.14 bits per heavy atom. The molecule has 21 heavy (non-hydrogen) atoms. The summed E-state index contributed by atoms with van der Waals surface area (Å²) in [4.78, 5) is 11.1. The van der Waals surface area contributed by atoms with Crippen LogP contribution in [-0.2, 0) is 18.3 Å². The smallest absolute Gasteiger partial charge is 0.216 e. The van der Waals surface area contributed by atoms with Crippen LogP contribution in [0.3, 0.4) is 0 Å². The van der Waals surface area contributed by atoms with E-state index in [9.17, 15) is 4.79 Å². The van der Waals surface area contributed by atoms with E-state index >= 15 is 0 Å². The van der Waals surface area contributed by atoms with E-state index in [2.05, 4.69) is 51.6 Å². The maximum Gasteiger partial charge on any atom is 0.216 e. The lowest BCUT2D eigenvalue weighted by Gasteiger charge is -2.13. The fourth-order valence-corrected chi connectivity index (χ4v) is 3.30. The van der Waals surface area contributed by atoms with Gasteiger partial charge in [0.1, 0.15) is 0 Å². The molecule has 1 aromatic heterocycles. The van der Waals surface area contributed by atoms with Crippen LogP contribution in [0, 0.1) is 34.6 Å². The van der Waals surface area contributed by atoms with Gasteiger partial charge in [0.15, 0.2) is 0 Å². The molecule has 2 rings (SSSR count). The van der Waals surface area contributed by atoms with Crippen LogP contribution in [0.15, 0.2) is 0 Å². The minimum absolute atomic E-state index is 0.0350. The number of aryl methyl sites for hydroxylation is 3. The number of hydrogen-bond donors (Lipinski definition) is 1. The van der Waals surface area contributed by atoms with Crippen LogP contribution in [0.2, 0.25) is 0 Å². The number of aromatic nitrogens is 1. The molecule has 0 atom stereocenters. The molecule has 0 saturated heterocycles. The first-order valence-corrected chi connectivity index (χ1v) is 7.56.